The fourth-order valence-corrected chi connectivity index (χ4v) is 7.19. The second kappa shape index (κ2) is 18.9. The molecule has 4 amide bonds. The summed E-state index contributed by atoms with van der Waals surface area (Å²) < 4.78 is 22.1. The van der Waals surface area contributed by atoms with Gasteiger partial charge in [-0.2, -0.15) is 0 Å². The molecule has 16 nitrogen and oxygen atoms in total. The summed E-state index contributed by atoms with van der Waals surface area (Å²) >= 11 is 0. The van der Waals surface area contributed by atoms with Crippen LogP contribution < -0.4 is 25.4 Å². The molecular formula is C42H54N8O8. The number of aryl methyl sites for hydroxylation is 1. The van der Waals surface area contributed by atoms with Crippen molar-refractivity contribution in [3.8, 4) is 45.5 Å². The van der Waals surface area contributed by atoms with Crippen LogP contribution in [-0.4, -0.2) is 88.2 Å². The van der Waals surface area contributed by atoms with Crippen LogP contribution in [0.15, 0.2) is 48.8 Å². The highest BCUT2D eigenvalue weighted by atomic mass is 16.6. The molecule has 16 heteroatoms. The van der Waals surface area contributed by atoms with Crippen molar-refractivity contribution in [2.75, 3.05) is 27.3 Å². The number of methoxy groups -OCH3 is 2. The highest BCUT2D eigenvalue weighted by molar-refractivity contribution is 5.87. The number of carbonyl (C=O) groups excluding carboxylic acids is 4. The summed E-state index contributed by atoms with van der Waals surface area (Å²) in [4.78, 5) is 68.1. The number of fused-ring (bicyclic) bond motifs is 2. The van der Waals surface area contributed by atoms with Gasteiger partial charge in [0.2, 0.25) is 11.8 Å². The van der Waals surface area contributed by atoms with Crippen molar-refractivity contribution in [3.63, 3.8) is 0 Å². The van der Waals surface area contributed by atoms with Gasteiger partial charge in [0.25, 0.3) is 0 Å². The summed E-state index contributed by atoms with van der Waals surface area (Å²) in [5, 5.41) is 8.29. The second-order valence-corrected chi connectivity index (χ2v) is 14.9. The number of unbranched alkanes of at least 4 members (excludes halogenated alkanes) is 1. The monoisotopic (exact) mass is 798 g/mol. The third-order valence-electron chi connectivity index (χ3n) is 11.1. The van der Waals surface area contributed by atoms with Gasteiger partial charge in [0.05, 0.1) is 44.0 Å². The quantitative estimate of drug-likeness (QED) is 0.0647. The standard InChI is InChI=1S/C42H54N8O8/c1-7-24(3)36(48-41(53)55-5)39(51)43-18-10-9-13-35-44-22-28(46-35)26-14-16-31-33(20-26)57-32-17-15-27(21-34(32)58-31)29-23-45-38(47-29)30-12-11-19-50(30)40(52)37(25(4)8-2)49-42(54)56-6/h14-17,20-25,30,36-37H,7-13,18-19H2,1-6H3,(H,43,51)(H,44,46)(H,45,47)(H,48,53)(H,49,54)/t24-,25-,30-,36?,37-/m0/s1. The highest BCUT2D eigenvalue weighted by Crippen LogP contribution is 2.47. The van der Waals surface area contributed by atoms with Crippen molar-refractivity contribution < 1.29 is 38.1 Å². The van der Waals surface area contributed by atoms with E-state index in [2.05, 4.69) is 40.6 Å². The summed E-state index contributed by atoms with van der Waals surface area (Å²) in [5.74, 6) is 3.33. The number of nitrogens with one attached hydrogen (secondary N) is 5. The minimum atomic E-state index is -0.695. The molecule has 58 heavy (non-hydrogen) atoms. The van der Waals surface area contributed by atoms with Crippen molar-refractivity contribution in [1.82, 2.24) is 40.8 Å². The van der Waals surface area contributed by atoms with Gasteiger partial charge in [-0.3, -0.25) is 9.59 Å². The Morgan fingerprint density at radius 3 is 2.02 bits per heavy atom. The molecule has 5 atom stereocenters. The molecule has 0 spiro atoms. The number of hydrogen-bond donors (Lipinski definition) is 5. The number of hydrogen-bond acceptors (Lipinski definition) is 10. The van der Waals surface area contributed by atoms with Crippen molar-refractivity contribution >= 4 is 24.0 Å². The van der Waals surface area contributed by atoms with Crippen molar-refractivity contribution in [2.45, 2.75) is 90.8 Å². The van der Waals surface area contributed by atoms with Crippen LogP contribution >= 0.6 is 0 Å². The summed E-state index contributed by atoms with van der Waals surface area (Å²) in [7, 11) is 2.57. The van der Waals surface area contributed by atoms with E-state index in [0.29, 0.717) is 48.3 Å². The number of nitrogens with zero attached hydrogens (tertiary/aromatic N) is 3. The highest BCUT2D eigenvalue weighted by Gasteiger charge is 2.38. The molecule has 5 N–H and O–H groups in total. The Hall–Kier alpha value is -6.06. The van der Waals surface area contributed by atoms with Crippen LogP contribution in [-0.2, 0) is 25.5 Å². The summed E-state index contributed by atoms with van der Waals surface area (Å²) in [6.07, 6.45) is 7.59. The Bertz CT molecular complexity index is 2080. The van der Waals surface area contributed by atoms with E-state index in [4.69, 9.17) is 14.2 Å². The van der Waals surface area contributed by atoms with Gasteiger partial charge in [0.1, 0.15) is 23.7 Å². The van der Waals surface area contributed by atoms with Gasteiger partial charge in [0.15, 0.2) is 23.0 Å². The SMILES string of the molecule is CC[C@H](C)C(NC(=O)OC)C(=O)NCCCCc1ncc(-c2ccc3c(c2)Oc2ccc(-c4cnc([C@@H]5CCCN5C(=O)[C@@H](NC(=O)OC)[C@@H](C)CC)[nH]4)cc2O3)[nH]1. The van der Waals surface area contributed by atoms with E-state index in [-0.39, 0.29) is 29.7 Å². The third-order valence-corrected chi connectivity index (χ3v) is 11.1. The minimum absolute atomic E-state index is 0.0322. The first-order chi connectivity index (χ1) is 28.0. The number of ether oxygens (including phenoxy) is 4. The normalized spacial score (nSPS) is 16.4. The molecule has 1 fully saturated rings. The Kier molecular flexibility index (Phi) is 13.6. The van der Waals surface area contributed by atoms with Gasteiger partial charge < -0.3 is 49.8 Å². The van der Waals surface area contributed by atoms with Crippen LogP contribution in [0.2, 0.25) is 0 Å². The lowest BCUT2D eigenvalue weighted by molar-refractivity contribution is -0.135. The molecule has 4 heterocycles. The van der Waals surface area contributed by atoms with E-state index in [1.807, 2.05) is 64.1 Å². The molecule has 4 aromatic rings. The predicted octanol–water partition coefficient (Wildman–Crippen LogP) is 7.01. The van der Waals surface area contributed by atoms with Gasteiger partial charge >= 0.3 is 12.2 Å². The van der Waals surface area contributed by atoms with E-state index in [1.54, 1.807) is 17.3 Å². The zero-order chi connectivity index (χ0) is 41.3. The molecule has 1 unspecified atom stereocenters. The average Bonchev–Trinajstić information content (AvgIpc) is 4.04. The van der Waals surface area contributed by atoms with E-state index < -0.39 is 24.3 Å². The molecule has 0 radical (unpaired) electrons. The Morgan fingerprint density at radius 2 is 1.40 bits per heavy atom. The van der Waals surface area contributed by atoms with E-state index in [0.717, 1.165) is 66.9 Å². The van der Waals surface area contributed by atoms with Crippen molar-refractivity contribution in [3.05, 3.63) is 60.4 Å². The zero-order valence-corrected chi connectivity index (χ0v) is 34.0. The molecule has 2 aromatic carbocycles. The van der Waals surface area contributed by atoms with Gasteiger partial charge in [-0.25, -0.2) is 19.6 Å². The third kappa shape index (κ3) is 9.55. The molecule has 6 rings (SSSR count). The molecule has 2 aliphatic heterocycles. The maximum Gasteiger partial charge on any atom is 0.407 e. The van der Waals surface area contributed by atoms with E-state index in [1.165, 1.54) is 14.2 Å². The van der Waals surface area contributed by atoms with E-state index in [9.17, 15) is 19.2 Å². The Morgan fingerprint density at radius 1 is 0.810 bits per heavy atom. The lowest BCUT2D eigenvalue weighted by atomic mass is 9.97. The largest absolute Gasteiger partial charge is 0.453 e. The van der Waals surface area contributed by atoms with Crippen LogP contribution in [0.1, 0.15) is 83.9 Å². The fourth-order valence-electron chi connectivity index (χ4n) is 7.19. The molecule has 0 aliphatic carbocycles. The summed E-state index contributed by atoms with van der Waals surface area (Å²) in [6.45, 7) is 8.87. The number of rotatable bonds is 16. The minimum Gasteiger partial charge on any atom is -0.453 e. The first kappa shape index (κ1) is 41.6. The maximum absolute atomic E-state index is 13.7. The summed E-state index contributed by atoms with van der Waals surface area (Å²) in [5.41, 5.74) is 3.36. The Labute approximate surface area is 338 Å². The first-order valence-corrected chi connectivity index (χ1v) is 20.0. The number of H-pyrrole nitrogens is 2. The number of aromatic amines is 2. The Balaban J connectivity index is 1.04. The fraction of sp³-hybridized carbons (Fsp3) is 0.476. The van der Waals surface area contributed by atoms with E-state index >= 15 is 0 Å². The topological polar surface area (TPSA) is 202 Å². The lowest BCUT2D eigenvalue weighted by Gasteiger charge is -2.30. The van der Waals surface area contributed by atoms with Crippen LogP contribution in [0.25, 0.3) is 22.5 Å². The number of alkyl carbamates (subject to hydrolysis) is 2. The molecule has 2 aliphatic rings. The average molecular weight is 799 g/mol. The number of likely N-dealkylation sites (tertiary alicyclic amines) is 1. The van der Waals surface area contributed by atoms with Crippen molar-refractivity contribution in [1.29, 1.82) is 0 Å². The number of benzene rings is 2. The lowest BCUT2D eigenvalue weighted by Crippen LogP contribution is -2.51. The molecule has 1 saturated heterocycles. The van der Waals surface area contributed by atoms with Crippen LogP contribution in [0.4, 0.5) is 9.59 Å². The maximum atomic E-state index is 13.7. The zero-order valence-electron chi connectivity index (χ0n) is 34.0. The summed E-state index contributed by atoms with van der Waals surface area (Å²) in [6, 6.07) is 9.82. The molecule has 0 saturated carbocycles. The van der Waals surface area contributed by atoms with Crippen LogP contribution in [0.5, 0.6) is 23.0 Å². The number of carbonyl (C=O) groups is 4. The molecule has 310 valence electrons. The number of aromatic nitrogens is 4. The number of amides is 4. The van der Waals surface area contributed by atoms with Gasteiger partial charge in [-0.1, -0.05) is 40.5 Å². The smallest absolute Gasteiger partial charge is 0.407 e. The van der Waals surface area contributed by atoms with Gasteiger partial charge in [-0.05, 0) is 73.9 Å². The second-order valence-electron chi connectivity index (χ2n) is 14.9. The first-order valence-electron chi connectivity index (χ1n) is 20.0. The van der Waals surface area contributed by atoms with Crippen molar-refractivity contribution in [2.24, 2.45) is 11.8 Å². The molecular weight excluding hydrogens is 745 g/mol. The van der Waals surface area contributed by atoms with Crippen LogP contribution in [0.3, 0.4) is 0 Å². The number of imidazole rings is 2. The van der Waals surface area contributed by atoms with Gasteiger partial charge in [0, 0.05) is 30.6 Å². The van der Waals surface area contributed by atoms with Gasteiger partial charge in [-0.15, -0.1) is 0 Å². The molecule has 2 aromatic heterocycles. The predicted molar refractivity (Wildman–Crippen MR) is 215 cm³/mol. The molecule has 0 bridgehead atoms. The van der Waals surface area contributed by atoms with Crippen LogP contribution in [0, 0.1) is 11.8 Å².